The third-order valence-corrected chi connectivity index (χ3v) is 8.78. The van der Waals surface area contributed by atoms with Crippen molar-refractivity contribution in [1.29, 1.82) is 0 Å². The van der Waals surface area contributed by atoms with Gasteiger partial charge in [-0.05, 0) is 0 Å². The van der Waals surface area contributed by atoms with Gasteiger partial charge in [0.15, 0.2) is 0 Å². The van der Waals surface area contributed by atoms with E-state index in [0.29, 0.717) is 33.1 Å². The van der Waals surface area contributed by atoms with E-state index < -0.39 is 0 Å². The van der Waals surface area contributed by atoms with Gasteiger partial charge < -0.3 is 0 Å². The van der Waals surface area contributed by atoms with Crippen LogP contribution in [-0.2, 0) is 9.47 Å². The van der Waals surface area contributed by atoms with E-state index in [4.69, 9.17) is 9.47 Å². The van der Waals surface area contributed by atoms with Gasteiger partial charge in [-0.2, -0.15) is 0 Å². The molecule has 0 saturated carbocycles. The van der Waals surface area contributed by atoms with Gasteiger partial charge in [-0.3, -0.25) is 0 Å². The molecule has 2 fully saturated rings. The molecule has 2 rings (SSSR count). The van der Waals surface area contributed by atoms with Gasteiger partial charge in [0.25, 0.3) is 0 Å². The summed E-state index contributed by atoms with van der Waals surface area (Å²) in [5.41, 5.74) is 0. The summed E-state index contributed by atoms with van der Waals surface area (Å²) in [6.45, 7) is 2.03. The summed E-state index contributed by atoms with van der Waals surface area (Å²) < 4.78 is 13.3. The second kappa shape index (κ2) is 7.68. The zero-order chi connectivity index (χ0) is 10.3. The Bertz CT molecular complexity index is 157. The predicted molar refractivity (Wildman–Crippen MR) is 69.5 cm³/mol. The fourth-order valence-corrected chi connectivity index (χ4v) is 7.43. The number of thioether (sulfide) groups is 2. The molecule has 15 heavy (non-hydrogen) atoms. The van der Waals surface area contributed by atoms with Crippen molar-refractivity contribution in [3.63, 3.8) is 0 Å². The van der Waals surface area contributed by atoms with Crippen LogP contribution in [0, 0.1) is 0 Å². The molecule has 0 aromatic carbocycles. The maximum atomic E-state index is 5.17. The summed E-state index contributed by atoms with van der Waals surface area (Å²) in [6, 6.07) is 0. The van der Waals surface area contributed by atoms with E-state index in [1.54, 1.807) is 0 Å². The van der Waals surface area contributed by atoms with E-state index in [-0.39, 0.29) is 0 Å². The molecular formula is C10H18O2S2Te. The van der Waals surface area contributed by atoms with Gasteiger partial charge in [0.05, 0.1) is 0 Å². The number of epoxide rings is 2. The van der Waals surface area contributed by atoms with E-state index in [2.05, 4.69) is 23.5 Å². The van der Waals surface area contributed by atoms with Crippen molar-refractivity contribution in [3.05, 3.63) is 0 Å². The van der Waals surface area contributed by atoms with Crippen molar-refractivity contribution in [2.45, 2.75) is 21.1 Å². The summed E-state index contributed by atoms with van der Waals surface area (Å²) >= 11 is 4.48. The van der Waals surface area contributed by atoms with Crippen molar-refractivity contribution in [1.82, 2.24) is 0 Å². The monoisotopic (exact) mass is 364 g/mol. The molecule has 2 saturated heterocycles. The van der Waals surface area contributed by atoms with Crippen molar-refractivity contribution in [3.8, 4) is 0 Å². The van der Waals surface area contributed by atoms with Crippen LogP contribution in [0.2, 0.25) is 8.94 Å². The Morgan fingerprint density at radius 3 is 1.80 bits per heavy atom. The Balaban J connectivity index is 1.23. The SMILES string of the molecule is C(C[Te]CCSCC1CO1)SCC1CO1. The molecule has 88 valence electrons. The van der Waals surface area contributed by atoms with Crippen LogP contribution in [-0.4, -0.2) is 69.4 Å². The predicted octanol–water partition coefficient (Wildman–Crippen LogP) is 1.79. The molecule has 0 bridgehead atoms. The van der Waals surface area contributed by atoms with Crippen LogP contribution in [0.4, 0.5) is 0 Å². The molecule has 0 amide bonds. The van der Waals surface area contributed by atoms with Crippen molar-refractivity contribution in [2.24, 2.45) is 0 Å². The van der Waals surface area contributed by atoms with Gasteiger partial charge in [0, 0.05) is 0 Å². The third kappa shape index (κ3) is 7.36. The first-order valence-corrected chi connectivity index (χ1v) is 11.0. The van der Waals surface area contributed by atoms with Gasteiger partial charge in [-0.25, -0.2) is 0 Å². The topological polar surface area (TPSA) is 25.1 Å². The van der Waals surface area contributed by atoms with Crippen molar-refractivity contribution < 1.29 is 9.47 Å². The van der Waals surface area contributed by atoms with Gasteiger partial charge >= 0.3 is 111 Å². The Kier molecular flexibility index (Phi) is 6.58. The molecule has 2 heterocycles. The van der Waals surface area contributed by atoms with Crippen LogP contribution in [0.25, 0.3) is 0 Å². The van der Waals surface area contributed by atoms with Gasteiger partial charge in [0.2, 0.25) is 0 Å². The Morgan fingerprint density at radius 1 is 0.933 bits per heavy atom. The number of rotatable bonds is 10. The second-order valence-electron chi connectivity index (χ2n) is 3.67. The summed E-state index contributed by atoms with van der Waals surface area (Å²) in [6.07, 6.45) is 1.23. The van der Waals surface area contributed by atoms with Crippen LogP contribution in [0.15, 0.2) is 0 Å². The van der Waals surface area contributed by atoms with Crippen LogP contribution in [0.1, 0.15) is 0 Å². The van der Waals surface area contributed by atoms with E-state index >= 15 is 0 Å². The first kappa shape index (κ1) is 12.9. The molecule has 2 unspecified atom stereocenters. The maximum absolute atomic E-state index is 5.17. The summed E-state index contributed by atoms with van der Waals surface area (Å²) in [7, 11) is 0. The molecule has 0 N–H and O–H groups in total. The third-order valence-electron chi connectivity index (χ3n) is 2.16. The molecule has 2 aliphatic rings. The van der Waals surface area contributed by atoms with E-state index in [0.717, 1.165) is 13.2 Å². The van der Waals surface area contributed by atoms with Gasteiger partial charge in [-0.15, -0.1) is 0 Å². The molecule has 2 atom stereocenters. The second-order valence-corrected chi connectivity index (χ2v) is 9.47. The standard InChI is InChI=1S/C10H18O2S2Te/c1(13-7-9-5-11-9)3-15-4-2-14-8-10-6-12-10/h9-10H,1-8H2. The van der Waals surface area contributed by atoms with Crippen LogP contribution in [0.5, 0.6) is 0 Å². The number of hydrogen-bond acceptors (Lipinski definition) is 4. The van der Waals surface area contributed by atoms with Crippen LogP contribution in [0.3, 0.4) is 0 Å². The first-order chi connectivity index (χ1) is 7.45. The Hall–Kier alpha value is 1.41. The molecule has 5 heteroatoms. The average molecular weight is 362 g/mol. The Morgan fingerprint density at radius 2 is 1.40 bits per heavy atom. The fraction of sp³-hybridized carbons (Fsp3) is 1.00. The molecule has 0 aliphatic carbocycles. The van der Waals surface area contributed by atoms with E-state index in [1.807, 2.05) is 0 Å². The summed E-state index contributed by atoms with van der Waals surface area (Å²) in [5, 5.41) is 0. The number of ether oxygens (including phenoxy) is 2. The van der Waals surface area contributed by atoms with Gasteiger partial charge in [0.1, 0.15) is 0 Å². The first-order valence-electron chi connectivity index (χ1n) is 5.41. The molecule has 0 radical (unpaired) electrons. The van der Waals surface area contributed by atoms with E-state index in [1.165, 1.54) is 31.9 Å². The molecule has 0 spiro atoms. The summed E-state index contributed by atoms with van der Waals surface area (Å²) in [4.78, 5) is 0. The molecule has 0 aromatic heterocycles. The van der Waals surface area contributed by atoms with Crippen molar-refractivity contribution >= 4 is 44.4 Å². The average Bonchev–Trinajstić information content (AvgIpc) is 3.10. The zero-order valence-corrected chi connectivity index (χ0v) is 12.8. The molecule has 0 aromatic rings. The Labute approximate surface area is 111 Å². The quantitative estimate of drug-likeness (QED) is 0.336. The van der Waals surface area contributed by atoms with Crippen LogP contribution < -0.4 is 0 Å². The molecular weight excluding hydrogens is 344 g/mol. The minimum absolute atomic E-state index is 0.312. The van der Waals surface area contributed by atoms with E-state index in [9.17, 15) is 0 Å². The molecule has 2 aliphatic heterocycles. The van der Waals surface area contributed by atoms with Crippen molar-refractivity contribution in [2.75, 3.05) is 36.2 Å². The minimum atomic E-state index is 0.312. The van der Waals surface area contributed by atoms with Gasteiger partial charge in [-0.1, -0.05) is 0 Å². The normalized spacial score (nSPS) is 28.0. The summed E-state index contributed by atoms with van der Waals surface area (Å²) in [5.74, 6) is 5.22. The number of hydrogen-bond donors (Lipinski definition) is 0. The zero-order valence-electron chi connectivity index (χ0n) is 8.85. The van der Waals surface area contributed by atoms with Crippen LogP contribution >= 0.6 is 23.5 Å². The molecule has 2 nitrogen and oxygen atoms in total. The fourth-order valence-electron chi connectivity index (χ4n) is 1.10.